The van der Waals surface area contributed by atoms with E-state index < -0.39 is 0 Å². The number of aromatic hydroxyl groups is 1. The Morgan fingerprint density at radius 3 is 2.38 bits per heavy atom. The van der Waals surface area contributed by atoms with Crippen LogP contribution in [-0.2, 0) is 6.42 Å². The van der Waals surface area contributed by atoms with Gasteiger partial charge in [0, 0.05) is 5.92 Å². The van der Waals surface area contributed by atoms with E-state index in [1.54, 1.807) is 12.1 Å². The molecule has 130 valence electrons. The molecule has 0 saturated carbocycles. The van der Waals surface area contributed by atoms with Crippen molar-refractivity contribution in [2.75, 3.05) is 19.8 Å². The maximum Gasteiger partial charge on any atom is 0.161 e. The molecular weight excluding hydrogens is 302 g/mol. The lowest BCUT2D eigenvalue weighted by molar-refractivity contribution is 0.276. The highest BCUT2D eigenvalue weighted by molar-refractivity contribution is 5.43. The molecule has 1 atom stereocenters. The molecule has 0 aromatic heterocycles. The first-order chi connectivity index (χ1) is 11.7. The standard InChI is InChI=1S/C20H27NO3/c1-3-11-24-19-10-5-15(13-20(19)23-4-2)12-17(14-21)16-6-8-18(22)9-7-16/h5-10,13,17,22H,3-4,11-12,14,21H2,1-2H3. The molecule has 0 radical (unpaired) electrons. The third-order valence-electron chi connectivity index (χ3n) is 3.90. The second-order valence-electron chi connectivity index (χ2n) is 5.79. The molecule has 0 aliphatic carbocycles. The minimum atomic E-state index is 0.197. The van der Waals surface area contributed by atoms with Crippen molar-refractivity contribution in [3.63, 3.8) is 0 Å². The lowest BCUT2D eigenvalue weighted by atomic mass is 9.92. The maximum atomic E-state index is 9.44. The van der Waals surface area contributed by atoms with Gasteiger partial charge in [0.25, 0.3) is 0 Å². The molecule has 0 aliphatic heterocycles. The van der Waals surface area contributed by atoms with Gasteiger partial charge < -0.3 is 20.3 Å². The highest BCUT2D eigenvalue weighted by Crippen LogP contribution is 2.31. The van der Waals surface area contributed by atoms with Crippen LogP contribution in [0.25, 0.3) is 0 Å². The van der Waals surface area contributed by atoms with Crippen molar-refractivity contribution in [3.05, 3.63) is 53.6 Å². The fourth-order valence-corrected chi connectivity index (χ4v) is 2.65. The Balaban J connectivity index is 2.17. The highest BCUT2D eigenvalue weighted by Gasteiger charge is 2.13. The molecule has 0 aliphatic rings. The van der Waals surface area contributed by atoms with Crippen LogP contribution in [0.5, 0.6) is 17.2 Å². The number of phenols is 1. The molecule has 0 saturated heterocycles. The normalized spacial score (nSPS) is 12.0. The number of benzene rings is 2. The van der Waals surface area contributed by atoms with Gasteiger partial charge in [0.05, 0.1) is 13.2 Å². The lowest BCUT2D eigenvalue weighted by Gasteiger charge is -2.17. The van der Waals surface area contributed by atoms with Crippen LogP contribution in [0, 0.1) is 0 Å². The summed E-state index contributed by atoms with van der Waals surface area (Å²) < 4.78 is 11.5. The number of rotatable bonds is 9. The largest absolute Gasteiger partial charge is 0.508 e. The van der Waals surface area contributed by atoms with Crippen molar-refractivity contribution in [3.8, 4) is 17.2 Å². The first-order valence-electron chi connectivity index (χ1n) is 8.55. The van der Waals surface area contributed by atoms with Crippen molar-refractivity contribution in [2.24, 2.45) is 5.73 Å². The Morgan fingerprint density at radius 1 is 1.00 bits per heavy atom. The van der Waals surface area contributed by atoms with E-state index >= 15 is 0 Å². The van der Waals surface area contributed by atoms with Crippen LogP contribution < -0.4 is 15.2 Å². The number of hydrogen-bond donors (Lipinski definition) is 2. The molecule has 4 nitrogen and oxygen atoms in total. The number of ether oxygens (including phenoxy) is 2. The second kappa shape index (κ2) is 9.18. The second-order valence-corrected chi connectivity index (χ2v) is 5.79. The van der Waals surface area contributed by atoms with Gasteiger partial charge in [-0.1, -0.05) is 25.1 Å². The van der Waals surface area contributed by atoms with E-state index in [1.807, 2.05) is 31.2 Å². The minimum Gasteiger partial charge on any atom is -0.508 e. The molecule has 3 N–H and O–H groups in total. The fraction of sp³-hybridized carbons (Fsp3) is 0.400. The molecule has 0 heterocycles. The summed E-state index contributed by atoms with van der Waals surface area (Å²) in [5.41, 5.74) is 8.25. The van der Waals surface area contributed by atoms with E-state index in [0.717, 1.165) is 35.5 Å². The molecule has 0 bridgehead atoms. The predicted octanol–water partition coefficient (Wildman–Crippen LogP) is 3.86. The smallest absolute Gasteiger partial charge is 0.161 e. The van der Waals surface area contributed by atoms with Gasteiger partial charge in [-0.3, -0.25) is 0 Å². The molecule has 2 rings (SSSR count). The summed E-state index contributed by atoms with van der Waals surface area (Å²) in [6.07, 6.45) is 1.78. The zero-order valence-electron chi connectivity index (χ0n) is 14.5. The van der Waals surface area contributed by atoms with E-state index in [-0.39, 0.29) is 11.7 Å². The van der Waals surface area contributed by atoms with Crippen LogP contribution in [0.4, 0.5) is 0 Å². The average molecular weight is 329 g/mol. The van der Waals surface area contributed by atoms with Gasteiger partial charge in [-0.05, 0) is 61.7 Å². The van der Waals surface area contributed by atoms with Crippen molar-refractivity contribution >= 4 is 0 Å². The minimum absolute atomic E-state index is 0.197. The van der Waals surface area contributed by atoms with E-state index in [1.165, 1.54) is 0 Å². The number of nitrogens with two attached hydrogens (primary N) is 1. The third kappa shape index (κ3) is 4.90. The zero-order valence-corrected chi connectivity index (χ0v) is 14.5. The highest BCUT2D eigenvalue weighted by atomic mass is 16.5. The van der Waals surface area contributed by atoms with Gasteiger partial charge in [-0.15, -0.1) is 0 Å². The molecular formula is C20H27NO3. The van der Waals surface area contributed by atoms with E-state index in [2.05, 4.69) is 13.0 Å². The van der Waals surface area contributed by atoms with Gasteiger partial charge >= 0.3 is 0 Å². The van der Waals surface area contributed by atoms with Crippen LogP contribution in [0.3, 0.4) is 0 Å². The van der Waals surface area contributed by atoms with Crippen LogP contribution >= 0.6 is 0 Å². The van der Waals surface area contributed by atoms with Crippen molar-refractivity contribution in [1.82, 2.24) is 0 Å². The topological polar surface area (TPSA) is 64.7 Å². The predicted molar refractivity (Wildman–Crippen MR) is 97.0 cm³/mol. The Morgan fingerprint density at radius 2 is 1.75 bits per heavy atom. The Bertz CT molecular complexity index is 625. The van der Waals surface area contributed by atoms with Crippen molar-refractivity contribution < 1.29 is 14.6 Å². The van der Waals surface area contributed by atoms with Gasteiger partial charge in [-0.25, -0.2) is 0 Å². The summed E-state index contributed by atoms with van der Waals surface area (Å²) in [6.45, 7) is 5.87. The van der Waals surface area contributed by atoms with Crippen molar-refractivity contribution in [2.45, 2.75) is 32.6 Å². The molecule has 2 aromatic carbocycles. The number of phenolic OH excluding ortho intramolecular Hbond substituents is 1. The first kappa shape index (κ1) is 18.1. The monoisotopic (exact) mass is 329 g/mol. The molecule has 0 spiro atoms. The molecule has 0 fully saturated rings. The van der Waals surface area contributed by atoms with Gasteiger partial charge in [0.1, 0.15) is 5.75 Å². The Hall–Kier alpha value is -2.20. The Kier molecular flexibility index (Phi) is 6.94. The molecule has 24 heavy (non-hydrogen) atoms. The Labute approximate surface area is 144 Å². The van der Waals surface area contributed by atoms with E-state index in [9.17, 15) is 5.11 Å². The van der Waals surface area contributed by atoms with Crippen LogP contribution in [0.15, 0.2) is 42.5 Å². The van der Waals surface area contributed by atoms with Gasteiger partial charge in [0.15, 0.2) is 11.5 Å². The molecule has 4 heteroatoms. The quantitative estimate of drug-likeness (QED) is 0.733. The first-order valence-corrected chi connectivity index (χ1v) is 8.55. The third-order valence-corrected chi connectivity index (χ3v) is 3.90. The SMILES string of the molecule is CCCOc1ccc(CC(CN)c2ccc(O)cc2)cc1OCC. The van der Waals surface area contributed by atoms with E-state index in [0.29, 0.717) is 19.8 Å². The fourth-order valence-electron chi connectivity index (χ4n) is 2.65. The van der Waals surface area contributed by atoms with Gasteiger partial charge in [0.2, 0.25) is 0 Å². The summed E-state index contributed by atoms with van der Waals surface area (Å²) >= 11 is 0. The summed E-state index contributed by atoms with van der Waals surface area (Å²) in [5, 5.41) is 9.44. The molecule has 1 unspecified atom stereocenters. The molecule has 2 aromatic rings. The summed E-state index contributed by atoms with van der Waals surface area (Å²) in [5.74, 6) is 2.04. The number of hydrogen-bond acceptors (Lipinski definition) is 4. The zero-order chi connectivity index (χ0) is 17.4. The van der Waals surface area contributed by atoms with Gasteiger partial charge in [-0.2, -0.15) is 0 Å². The average Bonchev–Trinajstić information content (AvgIpc) is 2.60. The van der Waals surface area contributed by atoms with Crippen molar-refractivity contribution in [1.29, 1.82) is 0 Å². The summed E-state index contributed by atoms with van der Waals surface area (Å²) in [7, 11) is 0. The summed E-state index contributed by atoms with van der Waals surface area (Å²) in [6, 6.07) is 13.3. The summed E-state index contributed by atoms with van der Waals surface area (Å²) in [4.78, 5) is 0. The lowest BCUT2D eigenvalue weighted by Crippen LogP contribution is -2.15. The maximum absolute atomic E-state index is 9.44. The van der Waals surface area contributed by atoms with E-state index in [4.69, 9.17) is 15.2 Å². The molecule has 0 amide bonds. The van der Waals surface area contributed by atoms with Crippen LogP contribution in [0.1, 0.15) is 37.3 Å². The van der Waals surface area contributed by atoms with Crippen LogP contribution in [0.2, 0.25) is 0 Å². The van der Waals surface area contributed by atoms with Crippen LogP contribution in [-0.4, -0.2) is 24.9 Å².